The number of allylic oxidation sites excluding steroid dienone is 1. The Morgan fingerprint density at radius 1 is 1.25 bits per heavy atom. The Hall–Kier alpha value is -1.89. The van der Waals surface area contributed by atoms with Gasteiger partial charge in [0.15, 0.2) is 5.82 Å². The van der Waals surface area contributed by atoms with Crippen molar-refractivity contribution in [3.05, 3.63) is 61.1 Å². The number of fused-ring (bicyclic) bond motifs is 1. The summed E-state index contributed by atoms with van der Waals surface area (Å²) < 4.78 is 2.27. The number of anilines is 1. The molecular formula is C20H20Cl2N4OS. The topological polar surface area (TPSA) is 50.5 Å². The van der Waals surface area contributed by atoms with Crippen LogP contribution in [0, 0.1) is 11.3 Å². The van der Waals surface area contributed by atoms with Crippen LogP contribution in [0.3, 0.4) is 0 Å². The second-order valence-corrected chi connectivity index (χ2v) is 9.86. The Bertz CT molecular complexity index is 1170. The van der Waals surface area contributed by atoms with E-state index in [2.05, 4.69) is 23.9 Å². The summed E-state index contributed by atoms with van der Waals surface area (Å²) in [7, 11) is 3.99. The molecule has 146 valence electrons. The van der Waals surface area contributed by atoms with Gasteiger partial charge in [0.1, 0.15) is 4.49 Å². The molecule has 1 aromatic carbocycles. The van der Waals surface area contributed by atoms with Gasteiger partial charge in [0, 0.05) is 25.7 Å². The Morgan fingerprint density at radius 3 is 2.50 bits per heavy atom. The fourth-order valence-corrected chi connectivity index (χ4v) is 4.80. The van der Waals surface area contributed by atoms with Gasteiger partial charge in [-0.1, -0.05) is 60.5 Å². The number of aromatic nitrogens is 3. The zero-order valence-corrected chi connectivity index (χ0v) is 18.3. The van der Waals surface area contributed by atoms with Crippen molar-refractivity contribution < 1.29 is 0 Å². The highest BCUT2D eigenvalue weighted by Gasteiger charge is 2.59. The molecular weight excluding hydrogens is 415 g/mol. The van der Waals surface area contributed by atoms with E-state index < -0.39 is 0 Å². The molecule has 2 aromatic heterocycles. The van der Waals surface area contributed by atoms with Crippen molar-refractivity contribution in [2.24, 2.45) is 11.3 Å². The van der Waals surface area contributed by atoms with Gasteiger partial charge in [0.2, 0.25) is 4.96 Å². The molecule has 1 aliphatic carbocycles. The van der Waals surface area contributed by atoms with Crippen LogP contribution >= 0.6 is 34.5 Å². The van der Waals surface area contributed by atoms with Crippen LogP contribution < -0.4 is 15.0 Å². The van der Waals surface area contributed by atoms with E-state index in [1.165, 1.54) is 15.9 Å². The van der Waals surface area contributed by atoms with Crippen LogP contribution in [-0.2, 0) is 0 Å². The van der Waals surface area contributed by atoms with E-state index in [1.807, 2.05) is 55.4 Å². The number of nitrogens with zero attached hydrogens (tertiary/aromatic N) is 4. The Balaban J connectivity index is 1.68. The molecule has 0 N–H and O–H groups in total. The average Bonchev–Trinajstić information content (AvgIpc) is 2.91. The van der Waals surface area contributed by atoms with E-state index in [9.17, 15) is 4.79 Å². The molecule has 28 heavy (non-hydrogen) atoms. The van der Waals surface area contributed by atoms with Crippen molar-refractivity contribution in [1.82, 2.24) is 14.6 Å². The first kappa shape index (κ1) is 19.4. The van der Waals surface area contributed by atoms with Crippen LogP contribution in [-0.4, -0.2) is 28.7 Å². The summed E-state index contributed by atoms with van der Waals surface area (Å²) >= 11 is 13.0. The predicted molar refractivity (Wildman–Crippen MR) is 116 cm³/mol. The summed E-state index contributed by atoms with van der Waals surface area (Å²) in [4.78, 5) is 20.0. The van der Waals surface area contributed by atoms with Crippen LogP contribution in [0.1, 0.15) is 31.2 Å². The summed E-state index contributed by atoms with van der Waals surface area (Å²) in [5.41, 5.74) is 1.91. The van der Waals surface area contributed by atoms with Gasteiger partial charge in [-0.2, -0.15) is 4.52 Å². The van der Waals surface area contributed by atoms with E-state index in [-0.39, 0.29) is 27.3 Å². The highest BCUT2D eigenvalue weighted by molar-refractivity contribution is 7.15. The molecule has 4 rings (SSSR count). The van der Waals surface area contributed by atoms with Gasteiger partial charge in [-0.15, -0.1) is 5.10 Å². The Labute approximate surface area is 176 Å². The van der Waals surface area contributed by atoms with Crippen LogP contribution in [0.15, 0.2) is 39.6 Å². The van der Waals surface area contributed by atoms with Crippen molar-refractivity contribution in [2.45, 2.75) is 19.8 Å². The zero-order valence-electron chi connectivity index (χ0n) is 16.0. The van der Waals surface area contributed by atoms with Crippen LogP contribution in [0.25, 0.3) is 11.0 Å². The SMILES string of the molecule is CN(C)c1ccc(/C=c2/sc3nc(C4C(C=C(Cl)Cl)C4(C)C)nn3c2=O)cc1. The molecule has 2 heterocycles. The van der Waals surface area contributed by atoms with Crippen molar-refractivity contribution in [1.29, 1.82) is 0 Å². The molecule has 1 fully saturated rings. The average molecular weight is 435 g/mol. The van der Waals surface area contributed by atoms with E-state index in [4.69, 9.17) is 23.2 Å². The van der Waals surface area contributed by atoms with E-state index >= 15 is 0 Å². The molecule has 5 nitrogen and oxygen atoms in total. The normalized spacial score (nSPS) is 21.1. The lowest BCUT2D eigenvalue weighted by atomic mass is 10.1. The molecule has 0 amide bonds. The monoisotopic (exact) mass is 434 g/mol. The third-order valence-corrected chi connectivity index (χ3v) is 6.61. The lowest BCUT2D eigenvalue weighted by molar-refractivity contribution is 0.585. The van der Waals surface area contributed by atoms with E-state index in [1.54, 1.807) is 0 Å². The minimum Gasteiger partial charge on any atom is -0.378 e. The first-order valence-corrected chi connectivity index (χ1v) is 10.5. The van der Waals surface area contributed by atoms with Gasteiger partial charge < -0.3 is 4.90 Å². The largest absolute Gasteiger partial charge is 0.378 e. The fourth-order valence-electron chi connectivity index (χ4n) is 3.62. The number of hydrogen-bond donors (Lipinski definition) is 0. The van der Waals surface area contributed by atoms with Gasteiger partial charge in [0.05, 0.1) is 4.53 Å². The minimum absolute atomic E-state index is 0.0295. The van der Waals surface area contributed by atoms with E-state index in [0.29, 0.717) is 15.3 Å². The molecule has 3 aromatic rings. The maximum absolute atomic E-state index is 12.8. The minimum atomic E-state index is -0.142. The molecule has 0 saturated heterocycles. The van der Waals surface area contributed by atoms with Crippen LogP contribution in [0.4, 0.5) is 5.69 Å². The molecule has 0 radical (unpaired) electrons. The molecule has 2 unspecified atom stereocenters. The number of benzene rings is 1. The molecule has 0 aliphatic heterocycles. The standard InChI is InChI=1S/C20H20Cl2N4OS/c1-20(2)13(10-15(21)22)16(20)17-23-19-26(24-17)18(27)14(28-19)9-11-5-7-12(8-6-11)25(3)4/h5-10,13,16H,1-4H3/b14-9+. The lowest BCUT2D eigenvalue weighted by Gasteiger charge is -2.11. The second-order valence-electron chi connectivity index (χ2n) is 7.85. The quantitative estimate of drug-likeness (QED) is 0.625. The molecule has 1 aliphatic rings. The van der Waals surface area contributed by atoms with Crippen LogP contribution in [0.2, 0.25) is 0 Å². The van der Waals surface area contributed by atoms with Crippen molar-refractivity contribution in [2.75, 3.05) is 19.0 Å². The molecule has 2 atom stereocenters. The highest BCUT2D eigenvalue weighted by atomic mass is 35.5. The lowest BCUT2D eigenvalue weighted by Crippen LogP contribution is -2.23. The highest BCUT2D eigenvalue weighted by Crippen LogP contribution is 2.64. The fraction of sp³-hybridized carbons (Fsp3) is 0.350. The number of rotatable bonds is 4. The third kappa shape index (κ3) is 3.34. The van der Waals surface area contributed by atoms with Gasteiger partial charge in [-0.3, -0.25) is 4.79 Å². The number of halogens is 2. The van der Waals surface area contributed by atoms with Gasteiger partial charge >= 0.3 is 0 Å². The predicted octanol–water partition coefficient (Wildman–Crippen LogP) is 3.82. The summed E-state index contributed by atoms with van der Waals surface area (Å²) in [6.45, 7) is 4.25. The van der Waals surface area contributed by atoms with Crippen molar-refractivity contribution in [3.63, 3.8) is 0 Å². The van der Waals surface area contributed by atoms with Gasteiger partial charge in [-0.25, -0.2) is 4.98 Å². The summed E-state index contributed by atoms with van der Waals surface area (Å²) in [5.74, 6) is 0.953. The number of hydrogen-bond acceptors (Lipinski definition) is 5. The summed E-state index contributed by atoms with van der Waals surface area (Å²) in [6, 6.07) is 8.04. The molecule has 8 heteroatoms. The van der Waals surface area contributed by atoms with Crippen LogP contribution in [0.5, 0.6) is 0 Å². The Morgan fingerprint density at radius 2 is 1.93 bits per heavy atom. The summed E-state index contributed by atoms with van der Waals surface area (Å²) in [5, 5.41) is 4.49. The van der Waals surface area contributed by atoms with Gasteiger partial charge in [-0.05, 0) is 41.2 Å². The summed E-state index contributed by atoms with van der Waals surface area (Å²) in [6.07, 6.45) is 3.71. The smallest absolute Gasteiger partial charge is 0.291 e. The van der Waals surface area contributed by atoms with Crippen molar-refractivity contribution >= 4 is 51.3 Å². The molecule has 1 saturated carbocycles. The van der Waals surface area contributed by atoms with Gasteiger partial charge in [0.25, 0.3) is 5.56 Å². The maximum atomic E-state index is 12.8. The first-order valence-electron chi connectivity index (χ1n) is 8.90. The second kappa shape index (κ2) is 6.87. The zero-order chi connectivity index (χ0) is 20.2. The van der Waals surface area contributed by atoms with E-state index in [0.717, 1.165) is 11.3 Å². The molecule has 0 spiro atoms. The molecule has 0 bridgehead atoms. The Kier molecular flexibility index (Phi) is 4.76. The maximum Gasteiger partial charge on any atom is 0.291 e. The first-order chi connectivity index (χ1) is 13.2. The number of thiazole rings is 1. The van der Waals surface area contributed by atoms with Crippen molar-refractivity contribution in [3.8, 4) is 0 Å². The third-order valence-electron chi connectivity index (χ3n) is 5.40.